The van der Waals surface area contributed by atoms with Crippen LogP contribution in [0.15, 0.2) is 12.4 Å². The Morgan fingerprint density at radius 2 is 2.21 bits per heavy atom. The topological polar surface area (TPSA) is 99.3 Å². The van der Waals surface area contributed by atoms with Gasteiger partial charge in [-0.25, -0.2) is 0 Å². The zero-order valence-corrected chi connectivity index (χ0v) is 14.5. The van der Waals surface area contributed by atoms with Crippen LogP contribution in [0.1, 0.15) is 46.5 Å². The van der Waals surface area contributed by atoms with E-state index in [0.717, 1.165) is 12.6 Å². The number of aromatic nitrogens is 2. The summed E-state index contributed by atoms with van der Waals surface area (Å²) in [4.78, 5) is 22.6. The number of rotatable bonds is 7. The summed E-state index contributed by atoms with van der Waals surface area (Å²) >= 11 is 0. The van der Waals surface area contributed by atoms with E-state index in [1.165, 1.54) is 30.1 Å². The molecule has 2 atom stereocenters. The summed E-state index contributed by atoms with van der Waals surface area (Å²) in [6.45, 7) is 6.42. The van der Waals surface area contributed by atoms with Crippen LogP contribution < -0.4 is 5.32 Å². The highest BCUT2D eigenvalue weighted by atomic mass is 16.6. The lowest BCUT2D eigenvalue weighted by atomic mass is 9.88. The zero-order chi connectivity index (χ0) is 17.7. The first-order valence-corrected chi connectivity index (χ1v) is 8.42. The molecule has 0 bridgehead atoms. The summed E-state index contributed by atoms with van der Waals surface area (Å²) in [5, 5.41) is 17.5. The fourth-order valence-electron chi connectivity index (χ4n) is 2.94. The molecule has 1 aliphatic carbocycles. The van der Waals surface area contributed by atoms with Crippen LogP contribution in [0.3, 0.4) is 0 Å². The highest BCUT2D eigenvalue weighted by Gasteiger charge is 2.31. The number of nitro groups is 1. The second kappa shape index (κ2) is 7.74. The molecule has 0 spiro atoms. The van der Waals surface area contributed by atoms with E-state index in [-0.39, 0.29) is 17.7 Å². The first-order valence-electron chi connectivity index (χ1n) is 8.42. The van der Waals surface area contributed by atoms with Gasteiger partial charge in [0.05, 0.1) is 17.6 Å². The third-order valence-corrected chi connectivity index (χ3v) is 4.66. The van der Waals surface area contributed by atoms with Crippen molar-refractivity contribution in [3.8, 4) is 0 Å². The lowest BCUT2D eigenvalue weighted by molar-refractivity contribution is -0.385. The molecule has 0 aromatic carbocycles. The minimum absolute atomic E-state index is 0.134. The van der Waals surface area contributed by atoms with Crippen LogP contribution in [0.5, 0.6) is 0 Å². The van der Waals surface area contributed by atoms with E-state index in [2.05, 4.69) is 17.3 Å². The van der Waals surface area contributed by atoms with Gasteiger partial charge in [-0.05, 0) is 32.6 Å². The van der Waals surface area contributed by atoms with Crippen molar-refractivity contribution in [3.05, 3.63) is 22.5 Å². The molecule has 1 aromatic heterocycles. The van der Waals surface area contributed by atoms with Crippen molar-refractivity contribution in [1.82, 2.24) is 15.1 Å². The summed E-state index contributed by atoms with van der Waals surface area (Å²) in [6, 6.07) is 0. The molecule has 0 saturated heterocycles. The van der Waals surface area contributed by atoms with Gasteiger partial charge in [-0.1, -0.05) is 19.8 Å². The monoisotopic (exact) mass is 338 g/mol. The second-order valence-corrected chi connectivity index (χ2v) is 6.89. The van der Waals surface area contributed by atoms with Crippen molar-refractivity contribution in [2.45, 2.75) is 58.1 Å². The van der Waals surface area contributed by atoms with Gasteiger partial charge >= 0.3 is 5.69 Å². The molecule has 1 amide bonds. The molecule has 1 saturated carbocycles. The second-order valence-electron chi connectivity index (χ2n) is 6.89. The van der Waals surface area contributed by atoms with Crippen molar-refractivity contribution in [3.63, 3.8) is 0 Å². The van der Waals surface area contributed by atoms with Crippen LogP contribution >= 0.6 is 0 Å². The average molecular weight is 338 g/mol. The highest BCUT2D eigenvalue weighted by Crippen LogP contribution is 2.26. The summed E-state index contributed by atoms with van der Waals surface area (Å²) in [5.41, 5.74) is -1.14. The number of amides is 1. The maximum Gasteiger partial charge on any atom is 0.307 e. The zero-order valence-electron chi connectivity index (χ0n) is 14.5. The summed E-state index contributed by atoms with van der Waals surface area (Å²) in [7, 11) is 0. The van der Waals surface area contributed by atoms with Crippen LogP contribution in [0.25, 0.3) is 0 Å². The molecule has 24 heavy (non-hydrogen) atoms. The molecule has 134 valence electrons. The van der Waals surface area contributed by atoms with Crippen molar-refractivity contribution in [1.29, 1.82) is 0 Å². The van der Waals surface area contributed by atoms with Gasteiger partial charge in [0, 0.05) is 6.54 Å². The number of carbonyl (C=O) groups is 1. The van der Waals surface area contributed by atoms with Crippen LogP contribution in [0.2, 0.25) is 0 Å². The molecular weight excluding hydrogens is 312 g/mol. The molecule has 8 heteroatoms. The Kier molecular flexibility index (Phi) is 5.93. The van der Waals surface area contributed by atoms with E-state index in [1.54, 1.807) is 13.8 Å². The normalized spacial score (nSPS) is 21.5. The molecular formula is C16H26N4O4. The predicted octanol–water partition coefficient (Wildman–Crippen LogP) is 2.24. The molecule has 1 aromatic rings. The van der Waals surface area contributed by atoms with Gasteiger partial charge in [0.1, 0.15) is 17.9 Å². The van der Waals surface area contributed by atoms with Gasteiger partial charge in [0.2, 0.25) is 5.91 Å². The van der Waals surface area contributed by atoms with E-state index in [1.807, 2.05) is 0 Å². The number of ether oxygens (including phenoxy) is 1. The first kappa shape index (κ1) is 18.4. The minimum atomic E-state index is -1.01. The maximum absolute atomic E-state index is 12.4. The van der Waals surface area contributed by atoms with E-state index < -0.39 is 10.5 Å². The Morgan fingerprint density at radius 1 is 1.50 bits per heavy atom. The molecule has 0 radical (unpaired) electrons. The Hall–Kier alpha value is -1.96. The largest absolute Gasteiger partial charge is 0.376 e. The Morgan fingerprint density at radius 3 is 2.83 bits per heavy atom. The van der Waals surface area contributed by atoms with Gasteiger partial charge in [0.15, 0.2) is 0 Å². The predicted molar refractivity (Wildman–Crippen MR) is 88.6 cm³/mol. The summed E-state index contributed by atoms with van der Waals surface area (Å²) in [5.74, 6) is 0.316. The van der Waals surface area contributed by atoms with Gasteiger partial charge < -0.3 is 10.1 Å². The molecule has 1 aliphatic rings. The third kappa shape index (κ3) is 4.31. The number of hydrogen-bond donors (Lipinski definition) is 1. The minimum Gasteiger partial charge on any atom is -0.376 e. The molecule has 2 rings (SSSR count). The molecule has 8 nitrogen and oxygen atoms in total. The maximum atomic E-state index is 12.4. The quantitative estimate of drug-likeness (QED) is 0.467. The Bertz CT molecular complexity index is 584. The summed E-state index contributed by atoms with van der Waals surface area (Å²) in [6.07, 6.45) is 7.42. The molecule has 1 fully saturated rings. The van der Waals surface area contributed by atoms with E-state index in [4.69, 9.17) is 4.74 Å². The van der Waals surface area contributed by atoms with Crippen LogP contribution in [-0.4, -0.2) is 39.9 Å². The smallest absolute Gasteiger partial charge is 0.307 e. The van der Waals surface area contributed by atoms with Gasteiger partial charge in [-0.3, -0.25) is 19.6 Å². The summed E-state index contributed by atoms with van der Waals surface area (Å²) < 4.78 is 7.18. The van der Waals surface area contributed by atoms with Crippen molar-refractivity contribution < 1.29 is 14.5 Å². The number of carbonyl (C=O) groups excluding carboxylic acids is 1. The molecule has 1 heterocycles. The fourth-order valence-corrected chi connectivity index (χ4v) is 2.94. The fraction of sp³-hybridized carbons (Fsp3) is 0.750. The van der Waals surface area contributed by atoms with E-state index in [9.17, 15) is 14.9 Å². The Labute approximate surface area is 141 Å². The lowest BCUT2D eigenvalue weighted by Crippen LogP contribution is -2.46. The highest BCUT2D eigenvalue weighted by molar-refractivity contribution is 5.83. The van der Waals surface area contributed by atoms with Gasteiger partial charge in [0.25, 0.3) is 0 Å². The van der Waals surface area contributed by atoms with E-state index in [0.29, 0.717) is 19.1 Å². The van der Waals surface area contributed by atoms with Gasteiger partial charge in [-0.2, -0.15) is 5.10 Å². The number of hydrogen-bond acceptors (Lipinski definition) is 5. The number of nitrogens with zero attached hydrogens (tertiary/aromatic N) is 3. The first-order chi connectivity index (χ1) is 11.3. The Balaban J connectivity index is 1.81. The van der Waals surface area contributed by atoms with Crippen LogP contribution in [-0.2, 0) is 15.1 Å². The number of nitrogens with one attached hydrogen (secondary N) is 1. The third-order valence-electron chi connectivity index (χ3n) is 4.66. The van der Waals surface area contributed by atoms with Crippen LogP contribution in [0.4, 0.5) is 5.69 Å². The van der Waals surface area contributed by atoms with E-state index >= 15 is 0 Å². The van der Waals surface area contributed by atoms with Crippen molar-refractivity contribution >= 4 is 11.6 Å². The SMILES string of the molecule is C[C@H]1CCCC[C@H]1OCCNC(=O)C(C)(C)n1cc([N+](=O)[O-])cn1. The lowest BCUT2D eigenvalue weighted by Gasteiger charge is -2.29. The van der Waals surface area contributed by atoms with Crippen LogP contribution in [0, 0.1) is 16.0 Å². The molecule has 0 unspecified atom stereocenters. The van der Waals surface area contributed by atoms with Gasteiger partial charge in [-0.15, -0.1) is 0 Å². The molecule has 0 aliphatic heterocycles. The average Bonchev–Trinajstić information content (AvgIpc) is 3.04. The standard InChI is InChI=1S/C16H26N4O4/c1-12-6-4-5-7-14(12)24-9-8-17-15(21)16(2,3)19-11-13(10-18-19)20(22)23/h10-12,14H,4-9H2,1-3H3,(H,17,21)/t12-,14+/m0/s1. The van der Waals surface area contributed by atoms with Crippen molar-refractivity contribution in [2.75, 3.05) is 13.2 Å². The van der Waals surface area contributed by atoms with Crippen molar-refractivity contribution in [2.24, 2.45) is 5.92 Å². The molecule has 1 N–H and O–H groups in total.